The summed E-state index contributed by atoms with van der Waals surface area (Å²) in [6.07, 6.45) is -24.8. The van der Waals surface area contributed by atoms with Crippen LogP contribution in [0.2, 0.25) is 0 Å². The van der Waals surface area contributed by atoms with Gasteiger partial charge in [-0.3, -0.25) is 0 Å². The number of rotatable bonds is 12. The van der Waals surface area contributed by atoms with Gasteiger partial charge in [0.1, 0.15) is 91.6 Å². The van der Waals surface area contributed by atoms with Crippen molar-refractivity contribution in [1.29, 1.82) is 0 Å². The third kappa shape index (κ3) is 8.93. The first kappa shape index (κ1) is 59.0. The second-order valence-corrected chi connectivity index (χ2v) is 26.6. The first-order valence-corrected chi connectivity index (χ1v) is 28.0. The van der Waals surface area contributed by atoms with Crippen LogP contribution in [-0.4, -0.2) is 245 Å². The maximum Gasteiger partial charge on any atom is 0.187 e. The number of aliphatic hydroxyl groups is 14. The van der Waals surface area contributed by atoms with E-state index in [9.17, 15) is 71.5 Å². The summed E-state index contributed by atoms with van der Waals surface area (Å²) in [5.41, 5.74) is -2.83. The Bertz CT molecular complexity index is 2120. The van der Waals surface area contributed by atoms with Crippen molar-refractivity contribution in [2.45, 2.75) is 240 Å². The molecule has 0 aromatic rings. The van der Waals surface area contributed by atoms with Crippen LogP contribution in [0.1, 0.15) is 99.8 Å². The molecule has 0 unspecified atom stereocenters. The van der Waals surface area contributed by atoms with Gasteiger partial charge in [0.05, 0.1) is 56.9 Å². The molecular weight excluding hydrogens is 1020 g/mol. The predicted octanol–water partition coefficient (Wildman–Crippen LogP) is -2.57. The molecule has 0 aromatic heterocycles. The third-order valence-corrected chi connectivity index (χ3v) is 22.1. The van der Waals surface area contributed by atoms with Gasteiger partial charge >= 0.3 is 0 Å². The van der Waals surface area contributed by atoms with Crippen LogP contribution in [0.15, 0.2) is 12.2 Å². The lowest BCUT2D eigenvalue weighted by molar-refractivity contribution is -0.399. The minimum atomic E-state index is -2.02. The Kier molecular flexibility index (Phi) is 16.0. The molecule has 5 saturated heterocycles. The van der Waals surface area contributed by atoms with Crippen molar-refractivity contribution < 1.29 is 114 Å². The summed E-state index contributed by atoms with van der Waals surface area (Å²) >= 11 is 0. The smallest absolute Gasteiger partial charge is 0.187 e. The van der Waals surface area contributed by atoms with E-state index >= 15 is 0 Å². The third-order valence-electron chi connectivity index (χ3n) is 22.1. The van der Waals surface area contributed by atoms with Gasteiger partial charge in [-0.15, -0.1) is 0 Å². The molecule has 31 atom stereocenters. The van der Waals surface area contributed by atoms with Crippen LogP contribution in [0.5, 0.6) is 0 Å². The van der Waals surface area contributed by atoms with E-state index in [2.05, 4.69) is 46.8 Å². The molecule has 442 valence electrons. The number of aliphatic hydroxyl groups excluding tert-OH is 14. The van der Waals surface area contributed by atoms with Crippen molar-refractivity contribution in [3.8, 4) is 0 Å². The Balaban J connectivity index is 0.932. The summed E-state index contributed by atoms with van der Waals surface area (Å²) in [4.78, 5) is 0. The fourth-order valence-electron chi connectivity index (χ4n) is 17.1. The molecule has 4 saturated carbocycles. The fourth-order valence-corrected chi connectivity index (χ4v) is 17.1. The summed E-state index contributed by atoms with van der Waals surface area (Å²) in [6, 6.07) is 0. The zero-order chi connectivity index (χ0) is 55.9. The molecule has 77 heavy (non-hydrogen) atoms. The SMILES string of the molecule is C[C@H]1O[C@@H](O[C@H]2CC[C@@]3(C)[C@@H](CC[C@]4(C)[C@@H]3C=C[C@]35OC[C@@]6(CCC(C)(C)C[C@H]63)[C@@H](O)C[C@]54C)[C@]2(C)CO)[C@H](O[C@H]2O[C@H](CO)[C@@H](O)[C@H](O)[C@H]2O)[C@@H](O[C@@H]2O[C@H](CO[C@@H]3O[C@H](CO)[C@@H](O)[C@H](O)[C@H]3O)[C@@H](O)[C@H](O)[C@H]2O)[C@H]1O. The van der Waals surface area contributed by atoms with Gasteiger partial charge in [-0.2, -0.15) is 0 Å². The predicted molar refractivity (Wildman–Crippen MR) is 262 cm³/mol. The highest BCUT2D eigenvalue weighted by molar-refractivity contribution is 5.36. The van der Waals surface area contributed by atoms with Gasteiger partial charge in [0.2, 0.25) is 0 Å². The van der Waals surface area contributed by atoms with E-state index in [1.54, 1.807) is 0 Å². The number of allylic oxidation sites excluding steroid dienone is 1. The second-order valence-electron chi connectivity index (χ2n) is 26.6. The summed E-state index contributed by atoms with van der Waals surface area (Å²) in [6.45, 7) is 13.1. The van der Waals surface area contributed by atoms with E-state index in [0.717, 1.165) is 25.7 Å². The average molecular weight is 1110 g/mol. The molecule has 23 heteroatoms. The summed E-state index contributed by atoms with van der Waals surface area (Å²) in [5.74, 6) is 0.0283. The van der Waals surface area contributed by atoms with Crippen LogP contribution in [0.25, 0.3) is 0 Å². The van der Waals surface area contributed by atoms with E-state index in [0.29, 0.717) is 32.3 Å². The highest BCUT2D eigenvalue weighted by atomic mass is 16.8. The Morgan fingerprint density at radius 2 is 1.12 bits per heavy atom. The molecule has 5 heterocycles. The molecule has 9 fully saturated rings. The minimum absolute atomic E-state index is 0.0140. The molecule has 10 rings (SSSR count). The Hall–Kier alpha value is -1.18. The van der Waals surface area contributed by atoms with Gasteiger partial charge in [-0.05, 0) is 86.4 Å². The Morgan fingerprint density at radius 3 is 1.73 bits per heavy atom. The maximum atomic E-state index is 12.3. The van der Waals surface area contributed by atoms with Crippen LogP contribution in [0.4, 0.5) is 0 Å². The van der Waals surface area contributed by atoms with Crippen LogP contribution in [-0.2, 0) is 42.6 Å². The summed E-state index contributed by atoms with van der Waals surface area (Å²) in [5, 5.41) is 153. The molecule has 0 amide bonds. The first-order chi connectivity index (χ1) is 36.1. The van der Waals surface area contributed by atoms with Crippen LogP contribution < -0.4 is 0 Å². The monoisotopic (exact) mass is 1100 g/mol. The summed E-state index contributed by atoms with van der Waals surface area (Å²) < 4.78 is 56.1. The molecule has 10 aliphatic rings. The Morgan fingerprint density at radius 1 is 0.545 bits per heavy atom. The van der Waals surface area contributed by atoms with Gasteiger partial charge < -0.3 is 114 Å². The van der Waals surface area contributed by atoms with Gasteiger partial charge in [0, 0.05) is 22.2 Å². The van der Waals surface area contributed by atoms with Crippen molar-refractivity contribution in [3.63, 3.8) is 0 Å². The lowest BCUT2D eigenvalue weighted by atomic mass is 9.32. The topological polar surface area (TPSA) is 366 Å². The Labute approximate surface area is 448 Å². The van der Waals surface area contributed by atoms with E-state index < -0.39 is 177 Å². The van der Waals surface area contributed by atoms with E-state index in [4.69, 9.17) is 42.6 Å². The molecule has 5 aliphatic carbocycles. The molecule has 5 aliphatic heterocycles. The minimum Gasteiger partial charge on any atom is -0.396 e. The van der Waals surface area contributed by atoms with Gasteiger partial charge in [-0.1, -0.05) is 53.7 Å². The maximum absolute atomic E-state index is 12.3. The molecule has 14 N–H and O–H groups in total. The van der Waals surface area contributed by atoms with E-state index in [1.165, 1.54) is 6.92 Å². The van der Waals surface area contributed by atoms with Crippen molar-refractivity contribution in [3.05, 3.63) is 12.2 Å². The zero-order valence-electron chi connectivity index (χ0n) is 45.2. The lowest BCUT2D eigenvalue weighted by Crippen LogP contribution is -2.72. The molecule has 1 spiro atoms. The van der Waals surface area contributed by atoms with Crippen molar-refractivity contribution in [2.24, 2.45) is 50.2 Å². The molecular formula is C54H88O23. The van der Waals surface area contributed by atoms with Crippen LogP contribution in [0.3, 0.4) is 0 Å². The number of fused-ring (bicyclic) bond motifs is 4. The largest absolute Gasteiger partial charge is 0.396 e. The number of hydrogen-bond acceptors (Lipinski definition) is 23. The second kappa shape index (κ2) is 20.9. The standard InChI is InChI=1S/C54H88O23/c1-23-32(59)42(76-46-41(68)38(65)35(62)26(74-46)20-69-44-39(66)36(63)33(60)24(18-55)72-44)43(77-45-40(67)37(64)34(61)25(19-56)73-45)47(71-23)75-31-10-11-49(4)27(50(31,5)21-57)8-12-51(6)28(49)9-13-54-29-16-48(2,3)14-15-53(29,22-70-54)30(58)17-52(51,54)7/h9,13,23-47,55-68H,8,10-12,14-22H2,1-7H3/t23-,24-,25-,26-,27-,28-,29-,30+,31+,32+,33-,34-,35-,36+,37+,38+,39-,40-,41-,42+,43-,44-,45-,46+,47+,49+,50+,51-,52+,53-,54+/m1/s1. The lowest BCUT2D eigenvalue weighted by Gasteiger charge is -2.73. The number of ether oxygens (including phenoxy) is 9. The first-order valence-electron chi connectivity index (χ1n) is 28.0. The summed E-state index contributed by atoms with van der Waals surface area (Å²) in [7, 11) is 0. The van der Waals surface area contributed by atoms with Crippen molar-refractivity contribution in [2.75, 3.05) is 33.0 Å². The number of hydrogen-bond donors (Lipinski definition) is 14. The molecule has 2 bridgehead atoms. The zero-order valence-corrected chi connectivity index (χ0v) is 45.2. The quantitative estimate of drug-likeness (QED) is 0.0705. The van der Waals surface area contributed by atoms with E-state index in [1.807, 2.05) is 6.92 Å². The van der Waals surface area contributed by atoms with Gasteiger partial charge in [0.15, 0.2) is 25.2 Å². The average Bonchev–Trinajstić information content (AvgIpc) is 3.96. The fraction of sp³-hybridized carbons (Fsp3) is 0.963. The highest BCUT2D eigenvalue weighted by Gasteiger charge is 2.79. The van der Waals surface area contributed by atoms with E-state index in [-0.39, 0.29) is 40.6 Å². The normalized spacial score (nSPS) is 58.1. The molecule has 23 nitrogen and oxygen atoms in total. The molecule has 0 aromatic carbocycles. The van der Waals surface area contributed by atoms with Gasteiger partial charge in [0.25, 0.3) is 0 Å². The van der Waals surface area contributed by atoms with Crippen LogP contribution >= 0.6 is 0 Å². The molecule has 0 radical (unpaired) electrons. The van der Waals surface area contributed by atoms with Crippen molar-refractivity contribution >= 4 is 0 Å². The van der Waals surface area contributed by atoms with Gasteiger partial charge in [-0.25, -0.2) is 0 Å². The highest BCUT2D eigenvalue weighted by Crippen LogP contribution is 2.79. The van der Waals surface area contributed by atoms with Crippen molar-refractivity contribution in [1.82, 2.24) is 0 Å². The van der Waals surface area contributed by atoms with Crippen LogP contribution in [0, 0.1) is 50.2 Å².